The van der Waals surface area contributed by atoms with Crippen LogP contribution in [0.1, 0.15) is 5.69 Å². The molecule has 0 radical (unpaired) electrons. The molecule has 1 rings (SSSR count). The van der Waals surface area contributed by atoms with Crippen molar-refractivity contribution >= 4 is 5.97 Å². The van der Waals surface area contributed by atoms with Crippen molar-refractivity contribution in [2.75, 3.05) is 6.61 Å². The van der Waals surface area contributed by atoms with Gasteiger partial charge in [0.05, 0.1) is 19.6 Å². The highest BCUT2D eigenvalue weighted by Gasteiger charge is 2.05. The van der Waals surface area contributed by atoms with Crippen LogP contribution in [0.25, 0.3) is 0 Å². The summed E-state index contributed by atoms with van der Waals surface area (Å²) in [6.07, 6.45) is 1.47. The molecule has 5 nitrogen and oxygen atoms in total. The summed E-state index contributed by atoms with van der Waals surface area (Å²) in [7, 11) is 0. The van der Waals surface area contributed by atoms with E-state index in [0.29, 0.717) is 12.2 Å². The molecule has 1 heterocycles. The van der Waals surface area contributed by atoms with Crippen molar-refractivity contribution in [3.05, 3.63) is 18.0 Å². The molecule has 0 aliphatic carbocycles. The molecule has 0 bridgehead atoms. The van der Waals surface area contributed by atoms with Crippen LogP contribution in [0.15, 0.2) is 12.3 Å². The molecule has 5 heteroatoms. The zero-order valence-corrected chi connectivity index (χ0v) is 6.47. The molecule has 1 aromatic rings. The van der Waals surface area contributed by atoms with Gasteiger partial charge in [-0.25, -0.2) is 0 Å². The second-order valence-corrected chi connectivity index (χ2v) is 2.34. The standard InChI is InChI=1S/C7H10N2O3/c10-4-3-9-6(1-2-8-9)5-7(11)12/h1-2,10H,3-5H2,(H,11,12). The lowest BCUT2D eigenvalue weighted by Gasteiger charge is -2.01. The predicted molar refractivity (Wildman–Crippen MR) is 40.7 cm³/mol. The number of aliphatic carboxylic acids is 1. The molecule has 1 aromatic heterocycles. The van der Waals surface area contributed by atoms with E-state index in [2.05, 4.69) is 5.10 Å². The van der Waals surface area contributed by atoms with Gasteiger partial charge in [0.15, 0.2) is 0 Å². The van der Waals surface area contributed by atoms with Crippen LogP contribution in [0.3, 0.4) is 0 Å². The Labute approximate surface area is 69.2 Å². The van der Waals surface area contributed by atoms with Gasteiger partial charge < -0.3 is 10.2 Å². The second-order valence-electron chi connectivity index (χ2n) is 2.34. The SMILES string of the molecule is O=C(O)Cc1ccnn1CCO. The lowest BCUT2D eigenvalue weighted by atomic mass is 10.3. The smallest absolute Gasteiger partial charge is 0.309 e. The van der Waals surface area contributed by atoms with Crippen LogP contribution in [0.5, 0.6) is 0 Å². The van der Waals surface area contributed by atoms with E-state index in [9.17, 15) is 4.79 Å². The van der Waals surface area contributed by atoms with Crippen molar-refractivity contribution in [2.24, 2.45) is 0 Å². The van der Waals surface area contributed by atoms with Crippen molar-refractivity contribution in [1.29, 1.82) is 0 Å². The maximum atomic E-state index is 10.3. The Hall–Kier alpha value is -1.36. The summed E-state index contributed by atoms with van der Waals surface area (Å²) in [4.78, 5) is 10.3. The number of carbonyl (C=O) groups is 1. The number of aliphatic hydroxyl groups is 1. The van der Waals surface area contributed by atoms with Crippen molar-refractivity contribution in [3.63, 3.8) is 0 Å². The molecular formula is C7H10N2O3. The van der Waals surface area contributed by atoms with E-state index < -0.39 is 5.97 Å². The monoisotopic (exact) mass is 170 g/mol. The molecule has 0 spiro atoms. The minimum atomic E-state index is -0.894. The minimum absolute atomic E-state index is 0.0334. The van der Waals surface area contributed by atoms with Crippen molar-refractivity contribution in [1.82, 2.24) is 9.78 Å². The summed E-state index contributed by atoms with van der Waals surface area (Å²) in [5.41, 5.74) is 0.608. The van der Waals surface area contributed by atoms with Gasteiger partial charge >= 0.3 is 5.97 Å². The molecule has 0 aromatic carbocycles. The number of nitrogens with zero attached hydrogens (tertiary/aromatic N) is 2. The number of aromatic nitrogens is 2. The molecule has 0 amide bonds. The van der Waals surface area contributed by atoms with Gasteiger partial charge in [-0.2, -0.15) is 5.10 Å². The Morgan fingerprint density at radius 3 is 3.00 bits per heavy atom. The van der Waals surface area contributed by atoms with Gasteiger partial charge in [-0.05, 0) is 6.07 Å². The highest BCUT2D eigenvalue weighted by molar-refractivity contribution is 5.69. The van der Waals surface area contributed by atoms with Crippen LogP contribution in [-0.4, -0.2) is 32.6 Å². The fourth-order valence-corrected chi connectivity index (χ4v) is 0.961. The number of carboxylic acid groups (broad SMARTS) is 1. The van der Waals surface area contributed by atoms with Gasteiger partial charge in [-0.15, -0.1) is 0 Å². The van der Waals surface area contributed by atoms with E-state index in [1.165, 1.54) is 10.9 Å². The highest BCUT2D eigenvalue weighted by atomic mass is 16.4. The third-order valence-electron chi connectivity index (χ3n) is 1.45. The molecule has 66 valence electrons. The number of rotatable bonds is 4. The summed E-state index contributed by atoms with van der Waals surface area (Å²) in [5, 5.41) is 20.9. The molecule has 0 atom stereocenters. The first kappa shape index (κ1) is 8.73. The predicted octanol–water partition coefficient (Wildman–Crippen LogP) is -0.497. The summed E-state index contributed by atoms with van der Waals surface area (Å²) in [5.74, 6) is -0.894. The minimum Gasteiger partial charge on any atom is -0.481 e. The van der Waals surface area contributed by atoms with E-state index in [0.717, 1.165) is 0 Å². The fourth-order valence-electron chi connectivity index (χ4n) is 0.961. The van der Waals surface area contributed by atoms with Crippen molar-refractivity contribution in [3.8, 4) is 0 Å². The zero-order valence-electron chi connectivity index (χ0n) is 6.47. The summed E-state index contributed by atoms with van der Waals surface area (Å²) >= 11 is 0. The highest BCUT2D eigenvalue weighted by Crippen LogP contribution is 1.99. The molecule has 2 N–H and O–H groups in total. The summed E-state index contributed by atoms with van der Waals surface area (Å²) < 4.78 is 1.48. The largest absolute Gasteiger partial charge is 0.481 e. The summed E-state index contributed by atoms with van der Waals surface area (Å²) in [6.45, 7) is 0.309. The quantitative estimate of drug-likeness (QED) is 0.639. The fraction of sp³-hybridized carbons (Fsp3) is 0.429. The molecule has 0 unspecified atom stereocenters. The van der Waals surface area contributed by atoms with Crippen LogP contribution in [0.4, 0.5) is 0 Å². The van der Waals surface area contributed by atoms with Gasteiger partial charge in [-0.3, -0.25) is 9.48 Å². The number of hydrogen-bond acceptors (Lipinski definition) is 3. The van der Waals surface area contributed by atoms with Crippen LogP contribution >= 0.6 is 0 Å². The second kappa shape index (κ2) is 3.87. The average Bonchev–Trinajstić information content (AvgIpc) is 2.37. The van der Waals surface area contributed by atoms with Gasteiger partial charge in [0.1, 0.15) is 0 Å². The van der Waals surface area contributed by atoms with Gasteiger partial charge in [0.25, 0.3) is 0 Å². The third-order valence-corrected chi connectivity index (χ3v) is 1.45. The number of carboxylic acids is 1. The van der Waals surface area contributed by atoms with Crippen molar-refractivity contribution in [2.45, 2.75) is 13.0 Å². The average molecular weight is 170 g/mol. The Kier molecular flexibility index (Phi) is 2.82. The first-order valence-corrected chi connectivity index (χ1v) is 3.57. The normalized spacial score (nSPS) is 10.1. The van der Waals surface area contributed by atoms with E-state index in [1.54, 1.807) is 6.07 Å². The number of aliphatic hydroxyl groups excluding tert-OH is 1. The maximum Gasteiger partial charge on any atom is 0.309 e. The van der Waals surface area contributed by atoms with Gasteiger partial charge in [0, 0.05) is 11.9 Å². The van der Waals surface area contributed by atoms with Gasteiger partial charge in [0.2, 0.25) is 0 Å². The molecule has 0 aliphatic rings. The van der Waals surface area contributed by atoms with Crippen LogP contribution < -0.4 is 0 Å². The van der Waals surface area contributed by atoms with E-state index in [4.69, 9.17) is 10.2 Å². The van der Waals surface area contributed by atoms with E-state index >= 15 is 0 Å². The first-order valence-electron chi connectivity index (χ1n) is 3.57. The molecule has 0 saturated heterocycles. The van der Waals surface area contributed by atoms with E-state index in [1.807, 2.05) is 0 Å². The lowest BCUT2D eigenvalue weighted by Crippen LogP contribution is -2.11. The molecular weight excluding hydrogens is 160 g/mol. The van der Waals surface area contributed by atoms with Crippen LogP contribution in [0.2, 0.25) is 0 Å². The molecule has 12 heavy (non-hydrogen) atoms. The third kappa shape index (κ3) is 2.06. The lowest BCUT2D eigenvalue weighted by molar-refractivity contribution is -0.136. The van der Waals surface area contributed by atoms with E-state index in [-0.39, 0.29) is 13.0 Å². The van der Waals surface area contributed by atoms with Crippen molar-refractivity contribution < 1.29 is 15.0 Å². The Balaban J connectivity index is 2.69. The summed E-state index contributed by atoms with van der Waals surface area (Å²) in [6, 6.07) is 1.63. The first-order chi connectivity index (χ1) is 5.74. The Morgan fingerprint density at radius 1 is 1.67 bits per heavy atom. The molecule has 0 aliphatic heterocycles. The maximum absolute atomic E-state index is 10.3. The van der Waals surface area contributed by atoms with Crippen LogP contribution in [-0.2, 0) is 17.8 Å². The molecule has 0 fully saturated rings. The Morgan fingerprint density at radius 2 is 2.42 bits per heavy atom. The topological polar surface area (TPSA) is 75.3 Å². The Bertz CT molecular complexity index is 269. The zero-order chi connectivity index (χ0) is 8.97. The number of hydrogen-bond donors (Lipinski definition) is 2. The molecule has 0 saturated carbocycles. The van der Waals surface area contributed by atoms with Gasteiger partial charge in [-0.1, -0.05) is 0 Å². The van der Waals surface area contributed by atoms with Crippen LogP contribution in [0, 0.1) is 0 Å².